The second-order valence-electron chi connectivity index (χ2n) is 3.74. The van der Waals surface area contributed by atoms with Gasteiger partial charge in [-0.3, -0.25) is 0 Å². The molecule has 6 nitrogen and oxygen atoms in total. The van der Waals surface area contributed by atoms with E-state index in [0.717, 1.165) is 6.07 Å². The number of carboxylic acids is 1. The normalized spacial score (nSPS) is 11.5. The summed E-state index contributed by atoms with van der Waals surface area (Å²) < 4.78 is 18.3. The summed E-state index contributed by atoms with van der Waals surface area (Å²) in [6, 6.07) is 2.04. The van der Waals surface area contributed by atoms with Gasteiger partial charge in [-0.05, 0) is 18.6 Å². The second-order valence-corrected chi connectivity index (χ2v) is 3.74. The first-order chi connectivity index (χ1) is 8.97. The lowest BCUT2D eigenvalue weighted by Gasteiger charge is -2.14. The molecule has 0 aromatic heterocycles. The first-order valence-corrected chi connectivity index (χ1v) is 5.61. The van der Waals surface area contributed by atoms with Crippen LogP contribution in [0.3, 0.4) is 0 Å². The molecule has 7 heteroatoms. The molecule has 0 unspecified atom stereocenters. The fourth-order valence-corrected chi connectivity index (χ4v) is 1.38. The minimum atomic E-state index is -1.15. The average Bonchev–Trinajstić information content (AvgIpc) is 2.38. The van der Waals surface area contributed by atoms with E-state index in [9.17, 15) is 14.0 Å². The van der Waals surface area contributed by atoms with Gasteiger partial charge >= 0.3 is 12.0 Å². The largest absolute Gasteiger partial charge is 0.497 e. The number of nitrogens with one attached hydrogen (secondary N) is 2. The predicted molar refractivity (Wildman–Crippen MR) is 66.8 cm³/mol. The molecule has 0 bridgehead atoms. The third-order valence-corrected chi connectivity index (χ3v) is 2.43. The number of urea groups is 1. The van der Waals surface area contributed by atoms with Crippen LogP contribution in [-0.2, 0) is 4.79 Å². The van der Waals surface area contributed by atoms with E-state index in [1.807, 2.05) is 0 Å². The maximum absolute atomic E-state index is 13.4. The molecule has 0 heterocycles. The summed E-state index contributed by atoms with van der Waals surface area (Å²) in [6.45, 7) is 1.62. The maximum atomic E-state index is 13.4. The topological polar surface area (TPSA) is 87.7 Å². The summed E-state index contributed by atoms with van der Waals surface area (Å²) in [5, 5.41) is 13.2. The Morgan fingerprint density at radius 3 is 2.68 bits per heavy atom. The maximum Gasteiger partial charge on any atom is 0.326 e. The summed E-state index contributed by atoms with van der Waals surface area (Å²) in [4.78, 5) is 22.3. The lowest BCUT2D eigenvalue weighted by molar-refractivity contribution is -0.139. The Labute approximate surface area is 109 Å². The highest BCUT2D eigenvalue weighted by Crippen LogP contribution is 2.20. The molecule has 0 fully saturated rings. The molecule has 0 saturated heterocycles. The predicted octanol–water partition coefficient (Wildman–Crippen LogP) is 1.82. The molecule has 1 atom stereocenters. The number of hydrogen-bond donors (Lipinski definition) is 3. The first kappa shape index (κ1) is 14.7. The molecule has 0 aliphatic heterocycles. The molecule has 1 aromatic carbocycles. The number of ether oxygens (including phenoxy) is 1. The first-order valence-electron chi connectivity index (χ1n) is 5.61. The Morgan fingerprint density at radius 2 is 2.16 bits per heavy atom. The van der Waals surface area contributed by atoms with Crippen LogP contribution >= 0.6 is 0 Å². The SMILES string of the molecule is CC[C@H](NC(=O)Nc1cc(OC)ccc1F)C(=O)O. The van der Waals surface area contributed by atoms with E-state index < -0.39 is 23.9 Å². The van der Waals surface area contributed by atoms with Gasteiger partial charge in [-0.15, -0.1) is 0 Å². The number of carbonyl (C=O) groups excluding carboxylic acids is 1. The standard InChI is InChI=1S/C12H15FN2O4/c1-3-9(11(16)17)14-12(18)15-10-6-7(19-2)4-5-8(10)13/h4-6,9H,3H2,1-2H3,(H,16,17)(H2,14,15,18)/t9-/m0/s1. The van der Waals surface area contributed by atoms with Crippen LogP contribution in [0.25, 0.3) is 0 Å². The molecule has 2 amide bonds. The van der Waals surface area contributed by atoms with Crippen LogP contribution in [0.1, 0.15) is 13.3 Å². The summed E-state index contributed by atoms with van der Waals surface area (Å²) in [5.41, 5.74) is -0.0860. The zero-order valence-electron chi connectivity index (χ0n) is 10.6. The minimum absolute atomic E-state index is 0.0860. The van der Waals surface area contributed by atoms with Crippen molar-refractivity contribution in [3.05, 3.63) is 24.0 Å². The highest BCUT2D eigenvalue weighted by molar-refractivity contribution is 5.92. The van der Waals surface area contributed by atoms with Gasteiger partial charge in [0.25, 0.3) is 0 Å². The number of anilines is 1. The smallest absolute Gasteiger partial charge is 0.326 e. The van der Waals surface area contributed by atoms with Crippen molar-refractivity contribution in [2.45, 2.75) is 19.4 Å². The molecule has 0 spiro atoms. The van der Waals surface area contributed by atoms with Gasteiger partial charge in [0.05, 0.1) is 12.8 Å². The zero-order valence-corrected chi connectivity index (χ0v) is 10.6. The van der Waals surface area contributed by atoms with Crippen molar-refractivity contribution in [3.8, 4) is 5.75 Å². The van der Waals surface area contributed by atoms with Gasteiger partial charge in [-0.1, -0.05) is 6.92 Å². The Hall–Kier alpha value is -2.31. The lowest BCUT2D eigenvalue weighted by atomic mass is 10.2. The molecule has 0 aliphatic rings. The molecule has 0 aliphatic carbocycles. The van der Waals surface area contributed by atoms with Gasteiger partial charge in [0.15, 0.2) is 0 Å². The number of halogens is 1. The number of carboxylic acid groups (broad SMARTS) is 1. The van der Waals surface area contributed by atoms with Crippen LogP contribution in [0, 0.1) is 5.82 Å². The van der Waals surface area contributed by atoms with Crippen molar-refractivity contribution < 1.29 is 23.8 Å². The van der Waals surface area contributed by atoms with E-state index in [2.05, 4.69) is 10.6 Å². The second kappa shape index (κ2) is 6.58. The molecule has 1 aromatic rings. The average molecular weight is 270 g/mol. The summed E-state index contributed by atoms with van der Waals surface area (Å²) >= 11 is 0. The monoisotopic (exact) mass is 270 g/mol. The molecule has 1 rings (SSSR count). The van der Waals surface area contributed by atoms with Gasteiger partial charge in [0.2, 0.25) is 0 Å². The third kappa shape index (κ3) is 4.13. The summed E-state index contributed by atoms with van der Waals surface area (Å²) in [7, 11) is 1.41. The van der Waals surface area contributed by atoms with Gasteiger partial charge in [0, 0.05) is 6.07 Å². The lowest BCUT2D eigenvalue weighted by Crippen LogP contribution is -2.42. The molecular formula is C12H15FN2O4. The quantitative estimate of drug-likeness (QED) is 0.761. The summed E-state index contributed by atoms with van der Waals surface area (Å²) in [6.07, 6.45) is 0.226. The Kier molecular flexibility index (Phi) is 5.11. The zero-order chi connectivity index (χ0) is 14.4. The van der Waals surface area contributed by atoms with Gasteiger partial charge in [-0.25, -0.2) is 14.0 Å². The Balaban J connectivity index is 2.73. The Morgan fingerprint density at radius 1 is 1.47 bits per heavy atom. The van der Waals surface area contributed by atoms with Gasteiger partial charge in [-0.2, -0.15) is 0 Å². The number of amides is 2. The van der Waals surface area contributed by atoms with E-state index in [0.29, 0.717) is 5.75 Å². The van der Waals surface area contributed by atoms with Crippen molar-refractivity contribution >= 4 is 17.7 Å². The van der Waals surface area contributed by atoms with Crippen molar-refractivity contribution in [2.24, 2.45) is 0 Å². The van der Waals surface area contributed by atoms with Crippen LogP contribution in [0.4, 0.5) is 14.9 Å². The molecule has 0 radical (unpaired) electrons. The number of carbonyl (C=O) groups is 2. The van der Waals surface area contributed by atoms with Crippen LogP contribution in [-0.4, -0.2) is 30.3 Å². The van der Waals surface area contributed by atoms with Crippen molar-refractivity contribution in [2.75, 3.05) is 12.4 Å². The van der Waals surface area contributed by atoms with Crippen molar-refractivity contribution in [1.82, 2.24) is 5.32 Å². The van der Waals surface area contributed by atoms with Crippen LogP contribution in [0.15, 0.2) is 18.2 Å². The fraction of sp³-hybridized carbons (Fsp3) is 0.333. The van der Waals surface area contributed by atoms with E-state index in [1.165, 1.54) is 19.2 Å². The summed E-state index contributed by atoms with van der Waals surface area (Å²) in [5.74, 6) is -1.41. The molecular weight excluding hydrogens is 255 g/mol. The fourth-order valence-electron chi connectivity index (χ4n) is 1.38. The van der Waals surface area contributed by atoms with E-state index in [-0.39, 0.29) is 12.1 Å². The van der Waals surface area contributed by atoms with E-state index >= 15 is 0 Å². The number of hydrogen-bond acceptors (Lipinski definition) is 3. The van der Waals surface area contributed by atoms with Crippen molar-refractivity contribution in [3.63, 3.8) is 0 Å². The minimum Gasteiger partial charge on any atom is -0.497 e. The van der Waals surface area contributed by atoms with E-state index in [4.69, 9.17) is 9.84 Å². The third-order valence-electron chi connectivity index (χ3n) is 2.43. The molecule has 104 valence electrons. The number of benzene rings is 1. The molecule has 19 heavy (non-hydrogen) atoms. The molecule has 0 saturated carbocycles. The number of aliphatic carboxylic acids is 1. The number of rotatable bonds is 5. The van der Waals surface area contributed by atoms with Gasteiger partial charge < -0.3 is 20.5 Å². The van der Waals surface area contributed by atoms with Crippen LogP contribution < -0.4 is 15.4 Å². The van der Waals surface area contributed by atoms with Gasteiger partial charge in [0.1, 0.15) is 17.6 Å². The van der Waals surface area contributed by atoms with E-state index in [1.54, 1.807) is 6.92 Å². The number of methoxy groups -OCH3 is 1. The molecule has 3 N–H and O–H groups in total. The van der Waals surface area contributed by atoms with Crippen LogP contribution in [0.5, 0.6) is 5.75 Å². The van der Waals surface area contributed by atoms with Crippen LogP contribution in [0.2, 0.25) is 0 Å². The Bertz CT molecular complexity index is 479. The highest BCUT2D eigenvalue weighted by atomic mass is 19.1. The van der Waals surface area contributed by atoms with Crippen molar-refractivity contribution in [1.29, 1.82) is 0 Å². The highest BCUT2D eigenvalue weighted by Gasteiger charge is 2.18.